The third-order valence-corrected chi connectivity index (χ3v) is 1.63. The van der Waals surface area contributed by atoms with Gasteiger partial charge in [0.1, 0.15) is 5.82 Å². The van der Waals surface area contributed by atoms with Gasteiger partial charge in [0.25, 0.3) is 0 Å². The lowest BCUT2D eigenvalue weighted by atomic mass is 10.1. The van der Waals surface area contributed by atoms with Crippen LogP contribution < -0.4 is 16.0 Å². The Morgan fingerprint density at radius 1 is 1.27 bits per heavy atom. The van der Waals surface area contributed by atoms with Gasteiger partial charge in [-0.05, 0) is 45.0 Å². The molecule has 3 nitrogen and oxygen atoms in total. The highest BCUT2D eigenvalue weighted by molar-refractivity contribution is 5.87. The standard InChI is InChI=1S/C11H16FN3/c1-11(2,3)15-10(13)14-9-6-4-8(12)5-7-9/h4-7H,1-3H3,(H3,13,14,15)/p+1. The summed E-state index contributed by atoms with van der Waals surface area (Å²) in [6, 6.07) is 6.03. The van der Waals surface area contributed by atoms with Crippen molar-refractivity contribution >= 4 is 11.6 Å². The zero-order chi connectivity index (χ0) is 11.5. The molecule has 0 bridgehead atoms. The van der Waals surface area contributed by atoms with Crippen LogP contribution in [0, 0.1) is 5.82 Å². The molecule has 0 saturated heterocycles. The van der Waals surface area contributed by atoms with Crippen LogP contribution in [0.1, 0.15) is 20.8 Å². The number of anilines is 1. The minimum atomic E-state index is -0.261. The van der Waals surface area contributed by atoms with Gasteiger partial charge in [0, 0.05) is 0 Å². The fourth-order valence-electron chi connectivity index (χ4n) is 1.12. The molecule has 4 N–H and O–H groups in total. The van der Waals surface area contributed by atoms with E-state index < -0.39 is 0 Å². The van der Waals surface area contributed by atoms with Gasteiger partial charge in [-0.25, -0.2) is 9.71 Å². The molecule has 0 spiro atoms. The molecule has 1 aromatic carbocycles. The molecule has 15 heavy (non-hydrogen) atoms. The lowest BCUT2D eigenvalue weighted by Gasteiger charge is -2.11. The van der Waals surface area contributed by atoms with E-state index in [2.05, 4.69) is 10.3 Å². The minimum absolute atomic E-state index is 0.100. The molecule has 0 unspecified atom stereocenters. The fraction of sp³-hybridized carbons (Fsp3) is 0.364. The fourth-order valence-corrected chi connectivity index (χ4v) is 1.12. The van der Waals surface area contributed by atoms with Crippen LogP contribution >= 0.6 is 0 Å². The minimum Gasteiger partial charge on any atom is -0.291 e. The molecule has 82 valence electrons. The number of nitrogens with two attached hydrogens (primary N) is 1. The van der Waals surface area contributed by atoms with Gasteiger partial charge in [-0.3, -0.25) is 10.7 Å². The van der Waals surface area contributed by atoms with Gasteiger partial charge in [0.2, 0.25) is 0 Å². The Hall–Kier alpha value is -1.58. The summed E-state index contributed by atoms with van der Waals surface area (Å²) >= 11 is 0. The van der Waals surface area contributed by atoms with Crippen molar-refractivity contribution in [3.05, 3.63) is 30.1 Å². The summed E-state index contributed by atoms with van der Waals surface area (Å²) in [5.74, 6) is 0.192. The normalized spacial score (nSPS) is 12.7. The number of halogens is 1. The molecule has 0 aliphatic rings. The number of rotatable bonds is 1. The summed E-state index contributed by atoms with van der Waals surface area (Å²) in [7, 11) is 0. The Morgan fingerprint density at radius 3 is 2.27 bits per heavy atom. The maximum Gasteiger partial charge on any atom is 0.346 e. The van der Waals surface area contributed by atoms with Crippen LogP contribution in [0.3, 0.4) is 0 Å². The highest BCUT2D eigenvalue weighted by Gasteiger charge is 2.11. The molecule has 0 radical (unpaired) electrons. The molecule has 1 aromatic rings. The first-order chi connectivity index (χ1) is 6.87. The van der Waals surface area contributed by atoms with Crippen LogP contribution in [0.15, 0.2) is 24.3 Å². The summed E-state index contributed by atoms with van der Waals surface area (Å²) in [6.07, 6.45) is 0. The Bertz CT molecular complexity index is 349. The zero-order valence-corrected chi connectivity index (χ0v) is 9.26. The van der Waals surface area contributed by atoms with E-state index in [0.29, 0.717) is 5.96 Å². The van der Waals surface area contributed by atoms with E-state index in [-0.39, 0.29) is 11.4 Å². The van der Waals surface area contributed by atoms with Crippen LogP contribution in [-0.2, 0) is 0 Å². The summed E-state index contributed by atoms with van der Waals surface area (Å²) in [6.45, 7) is 6.02. The van der Waals surface area contributed by atoms with Crippen molar-refractivity contribution < 1.29 is 9.38 Å². The molecule has 0 fully saturated rings. The van der Waals surface area contributed by atoms with Crippen LogP contribution in [0.2, 0.25) is 0 Å². The predicted molar refractivity (Wildman–Crippen MR) is 59.9 cm³/mol. The monoisotopic (exact) mass is 210 g/mol. The van der Waals surface area contributed by atoms with E-state index in [1.807, 2.05) is 20.8 Å². The third-order valence-electron chi connectivity index (χ3n) is 1.63. The van der Waals surface area contributed by atoms with E-state index in [1.165, 1.54) is 12.1 Å². The van der Waals surface area contributed by atoms with Crippen molar-refractivity contribution in [2.24, 2.45) is 5.73 Å². The quantitative estimate of drug-likeness (QED) is 0.465. The number of hydrogen-bond donors (Lipinski definition) is 3. The Labute approximate surface area is 89.2 Å². The molecular weight excluding hydrogens is 193 g/mol. The molecule has 0 saturated carbocycles. The smallest absolute Gasteiger partial charge is 0.291 e. The molecule has 4 heteroatoms. The second-order valence-electron chi connectivity index (χ2n) is 4.42. The van der Waals surface area contributed by atoms with Crippen molar-refractivity contribution in [1.82, 2.24) is 0 Å². The lowest BCUT2D eigenvalue weighted by molar-refractivity contribution is -0.539. The number of hydrogen-bond acceptors (Lipinski definition) is 0. The molecule has 0 amide bonds. The van der Waals surface area contributed by atoms with E-state index in [4.69, 9.17) is 5.73 Å². The molecule has 0 aliphatic heterocycles. The van der Waals surface area contributed by atoms with Gasteiger partial charge in [-0.15, -0.1) is 0 Å². The first-order valence-corrected chi connectivity index (χ1v) is 4.80. The van der Waals surface area contributed by atoms with Crippen molar-refractivity contribution in [2.45, 2.75) is 26.3 Å². The van der Waals surface area contributed by atoms with Crippen molar-refractivity contribution in [1.29, 1.82) is 0 Å². The molecule has 0 aromatic heterocycles. The molecule has 0 atom stereocenters. The second-order valence-corrected chi connectivity index (χ2v) is 4.42. The summed E-state index contributed by atoms with van der Waals surface area (Å²) in [4.78, 5) is 3.07. The SMILES string of the molecule is CC(C)(C)[NH+]=C(N)Nc1ccc(F)cc1. The second kappa shape index (κ2) is 4.29. The van der Waals surface area contributed by atoms with Crippen LogP contribution in [0.4, 0.5) is 10.1 Å². The summed E-state index contributed by atoms with van der Waals surface area (Å²) in [5, 5.41) is 2.94. The lowest BCUT2D eigenvalue weighted by Crippen LogP contribution is -2.87. The highest BCUT2D eigenvalue weighted by Crippen LogP contribution is 2.06. The van der Waals surface area contributed by atoms with Crippen LogP contribution in [-0.4, -0.2) is 11.5 Å². The van der Waals surface area contributed by atoms with Gasteiger partial charge in [0.15, 0.2) is 0 Å². The maximum absolute atomic E-state index is 12.6. The topological polar surface area (TPSA) is 52.0 Å². The van der Waals surface area contributed by atoms with Gasteiger partial charge >= 0.3 is 5.96 Å². The molecule has 0 aliphatic carbocycles. The van der Waals surface area contributed by atoms with E-state index in [1.54, 1.807) is 12.1 Å². The Balaban J connectivity index is 2.70. The Kier molecular flexibility index (Phi) is 3.29. The molecular formula is C11H17FN3+. The first kappa shape index (κ1) is 11.5. The molecule has 0 heterocycles. The van der Waals surface area contributed by atoms with Gasteiger partial charge in [-0.2, -0.15) is 0 Å². The van der Waals surface area contributed by atoms with Gasteiger partial charge < -0.3 is 0 Å². The predicted octanol–water partition coefficient (Wildman–Crippen LogP) is 0.431. The molecule has 1 rings (SSSR count). The maximum atomic E-state index is 12.6. The average molecular weight is 210 g/mol. The van der Waals surface area contributed by atoms with Crippen LogP contribution in [0.5, 0.6) is 0 Å². The van der Waals surface area contributed by atoms with Crippen molar-refractivity contribution in [3.63, 3.8) is 0 Å². The summed E-state index contributed by atoms with van der Waals surface area (Å²) < 4.78 is 12.6. The summed E-state index contributed by atoms with van der Waals surface area (Å²) in [5.41, 5.74) is 6.39. The third kappa shape index (κ3) is 4.44. The number of benzene rings is 1. The first-order valence-electron chi connectivity index (χ1n) is 4.80. The number of nitrogens with one attached hydrogen (secondary N) is 2. The van der Waals surface area contributed by atoms with Gasteiger partial charge in [0.05, 0.1) is 11.2 Å². The van der Waals surface area contributed by atoms with Crippen molar-refractivity contribution in [2.75, 3.05) is 5.32 Å². The zero-order valence-electron chi connectivity index (χ0n) is 9.26. The van der Waals surface area contributed by atoms with E-state index in [9.17, 15) is 4.39 Å². The number of guanidine groups is 1. The largest absolute Gasteiger partial charge is 0.346 e. The highest BCUT2D eigenvalue weighted by atomic mass is 19.1. The van der Waals surface area contributed by atoms with Crippen LogP contribution in [0.25, 0.3) is 0 Å². The van der Waals surface area contributed by atoms with E-state index in [0.717, 1.165) is 5.69 Å². The van der Waals surface area contributed by atoms with Gasteiger partial charge in [-0.1, -0.05) is 0 Å². The van der Waals surface area contributed by atoms with Crippen molar-refractivity contribution in [3.8, 4) is 0 Å². The van der Waals surface area contributed by atoms with E-state index >= 15 is 0 Å². The Morgan fingerprint density at radius 2 is 1.80 bits per heavy atom. The average Bonchev–Trinajstić information content (AvgIpc) is 2.05.